The lowest BCUT2D eigenvalue weighted by Gasteiger charge is -2.05. The summed E-state index contributed by atoms with van der Waals surface area (Å²) < 4.78 is 14.9. The lowest BCUT2D eigenvalue weighted by molar-refractivity contribution is 0.193. The summed E-state index contributed by atoms with van der Waals surface area (Å²) in [6.07, 6.45) is 26.0. The molecule has 0 bridgehead atoms. The molecule has 0 radical (unpaired) electrons. The van der Waals surface area contributed by atoms with E-state index >= 15 is 0 Å². The average Bonchev–Trinajstić information content (AvgIpc) is 2.65. The fourth-order valence-electron chi connectivity index (χ4n) is 3.61. The van der Waals surface area contributed by atoms with Crippen LogP contribution in [0.3, 0.4) is 0 Å². The van der Waals surface area contributed by atoms with Gasteiger partial charge >= 0.3 is 7.82 Å². The predicted molar refractivity (Wildman–Crippen MR) is 119 cm³/mol. The molecule has 0 aromatic heterocycles. The smallest absolute Gasteiger partial charge is 0.330 e. The lowest BCUT2D eigenvalue weighted by Crippen LogP contribution is -1.97. The molecule has 0 heterocycles. The normalized spacial score (nSPS) is 12.0. The molecule has 0 aliphatic rings. The van der Waals surface area contributed by atoms with E-state index in [4.69, 9.17) is 15.5 Å². The Balaban J connectivity index is 3.02. The van der Waals surface area contributed by atoms with Gasteiger partial charge in [-0.25, -0.2) is 4.57 Å². The Morgan fingerprint density at radius 2 is 0.750 bits per heavy atom. The van der Waals surface area contributed by atoms with Gasteiger partial charge in [-0.15, -0.1) is 0 Å². The third-order valence-corrected chi connectivity index (χ3v) is 5.88. The number of hydrogen-bond donors (Lipinski definition) is 3. The summed E-state index contributed by atoms with van der Waals surface area (Å²) in [6.45, 7) is 1.02. The van der Waals surface area contributed by atoms with Crippen LogP contribution in [0.2, 0.25) is 0 Å². The standard InChI is InChI=1S/C22H48NO4P/c23-21-19-17-15-13-11-9-7-5-3-1-2-4-6-8-10-12-14-16-18-20-22-27-28(24,25)26/h1-23H2,(H2,24,25,26). The lowest BCUT2D eigenvalue weighted by atomic mass is 10.0. The largest absolute Gasteiger partial charge is 0.469 e. The van der Waals surface area contributed by atoms with Crippen molar-refractivity contribution >= 4 is 7.82 Å². The first-order valence-corrected chi connectivity index (χ1v) is 13.5. The van der Waals surface area contributed by atoms with Crippen molar-refractivity contribution in [2.45, 2.75) is 128 Å². The zero-order valence-corrected chi connectivity index (χ0v) is 19.2. The maximum atomic E-state index is 10.5. The molecule has 0 rings (SSSR count). The highest BCUT2D eigenvalue weighted by atomic mass is 31.2. The number of rotatable bonds is 23. The zero-order valence-electron chi connectivity index (χ0n) is 18.3. The molecule has 170 valence electrons. The van der Waals surface area contributed by atoms with Gasteiger partial charge in [-0.1, -0.05) is 116 Å². The van der Waals surface area contributed by atoms with E-state index in [9.17, 15) is 4.57 Å². The number of phosphoric acid groups is 1. The van der Waals surface area contributed by atoms with Gasteiger partial charge in [0.05, 0.1) is 6.61 Å². The summed E-state index contributed by atoms with van der Waals surface area (Å²) >= 11 is 0. The second kappa shape index (κ2) is 21.8. The van der Waals surface area contributed by atoms with Gasteiger partial charge in [0.25, 0.3) is 0 Å². The molecule has 0 saturated carbocycles. The summed E-state index contributed by atoms with van der Waals surface area (Å²) in [7, 11) is -4.26. The van der Waals surface area contributed by atoms with Crippen molar-refractivity contribution in [1.29, 1.82) is 0 Å². The Hall–Kier alpha value is 0.0700. The zero-order chi connectivity index (χ0) is 20.8. The first kappa shape index (κ1) is 28.1. The van der Waals surface area contributed by atoms with Crippen molar-refractivity contribution in [3.8, 4) is 0 Å². The van der Waals surface area contributed by atoms with Gasteiger partial charge in [0.1, 0.15) is 0 Å². The first-order chi connectivity index (χ1) is 13.6. The number of hydrogen-bond acceptors (Lipinski definition) is 3. The predicted octanol–water partition coefficient (Wildman–Crippen LogP) is 6.86. The van der Waals surface area contributed by atoms with Crippen LogP contribution in [0.4, 0.5) is 0 Å². The van der Waals surface area contributed by atoms with E-state index in [-0.39, 0.29) is 6.61 Å². The van der Waals surface area contributed by atoms with E-state index in [2.05, 4.69) is 4.52 Å². The van der Waals surface area contributed by atoms with Crippen molar-refractivity contribution in [3.05, 3.63) is 0 Å². The van der Waals surface area contributed by atoms with Crippen molar-refractivity contribution < 1.29 is 18.9 Å². The molecular formula is C22H48NO4P. The summed E-state index contributed by atoms with van der Waals surface area (Å²) in [5.41, 5.74) is 5.50. The van der Waals surface area contributed by atoms with E-state index in [1.165, 1.54) is 109 Å². The van der Waals surface area contributed by atoms with Gasteiger partial charge in [-0.3, -0.25) is 4.52 Å². The summed E-state index contributed by atoms with van der Waals surface area (Å²) in [5.74, 6) is 0. The van der Waals surface area contributed by atoms with Gasteiger partial charge in [0.2, 0.25) is 0 Å². The van der Waals surface area contributed by atoms with Crippen LogP contribution in [0, 0.1) is 0 Å². The molecule has 28 heavy (non-hydrogen) atoms. The minimum absolute atomic E-state index is 0.166. The highest BCUT2D eigenvalue weighted by Gasteiger charge is 2.12. The fraction of sp³-hybridized carbons (Fsp3) is 1.00. The second-order valence-corrected chi connectivity index (χ2v) is 9.42. The Kier molecular flexibility index (Phi) is 21.8. The minimum Gasteiger partial charge on any atom is -0.330 e. The summed E-state index contributed by atoms with van der Waals surface area (Å²) in [6, 6.07) is 0. The molecule has 0 amide bonds. The van der Waals surface area contributed by atoms with E-state index in [0.29, 0.717) is 0 Å². The van der Waals surface area contributed by atoms with Crippen LogP contribution in [0.5, 0.6) is 0 Å². The molecule has 0 atom stereocenters. The van der Waals surface area contributed by atoms with Gasteiger partial charge in [-0.05, 0) is 19.4 Å². The van der Waals surface area contributed by atoms with E-state index < -0.39 is 7.82 Å². The van der Waals surface area contributed by atoms with E-state index in [0.717, 1.165) is 25.8 Å². The van der Waals surface area contributed by atoms with E-state index in [1.807, 2.05) is 0 Å². The third kappa shape index (κ3) is 26.1. The second-order valence-electron chi connectivity index (χ2n) is 8.18. The van der Waals surface area contributed by atoms with Crippen molar-refractivity contribution in [1.82, 2.24) is 0 Å². The number of phosphoric ester groups is 1. The van der Waals surface area contributed by atoms with E-state index in [1.54, 1.807) is 0 Å². The minimum atomic E-state index is -4.26. The third-order valence-electron chi connectivity index (χ3n) is 5.36. The Bertz CT molecular complexity index is 349. The molecule has 0 aliphatic carbocycles. The molecular weight excluding hydrogens is 373 g/mol. The Labute approximate surface area is 174 Å². The van der Waals surface area contributed by atoms with Crippen molar-refractivity contribution in [2.75, 3.05) is 13.2 Å². The van der Waals surface area contributed by atoms with Crippen LogP contribution in [0.15, 0.2) is 0 Å². The van der Waals surface area contributed by atoms with Crippen molar-refractivity contribution in [2.24, 2.45) is 5.73 Å². The molecule has 0 spiro atoms. The van der Waals surface area contributed by atoms with Crippen LogP contribution in [0.1, 0.15) is 128 Å². The molecule has 0 saturated heterocycles. The monoisotopic (exact) mass is 421 g/mol. The molecule has 0 aromatic carbocycles. The number of nitrogens with two attached hydrogens (primary N) is 1. The van der Waals surface area contributed by atoms with Gasteiger partial charge in [-0.2, -0.15) is 0 Å². The molecule has 0 unspecified atom stereocenters. The van der Waals surface area contributed by atoms with Crippen molar-refractivity contribution in [3.63, 3.8) is 0 Å². The van der Waals surface area contributed by atoms with Crippen LogP contribution >= 0.6 is 7.82 Å². The molecule has 0 aromatic rings. The van der Waals surface area contributed by atoms with Gasteiger partial charge in [0.15, 0.2) is 0 Å². The molecule has 5 nitrogen and oxygen atoms in total. The van der Waals surface area contributed by atoms with Crippen LogP contribution < -0.4 is 5.73 Å². The fourth-order valence-corrected chi connectivity index (χ4v) is 3.98. The van der Waals surface area contributed by atoms with Crippen LogP contribution in [-0.4, -0.2) is 22.9 Å². The SMILES string of the molecule is NCCCCCCCCCCCCCCCCCCCCCCOP(=O)(O)O. The van der Waals surface area contributed by atoms with Crippen LogP contribution in [-0.2, 0) is 9.09 Å². The maximum absolute atomic E-state index is 10.5. The number of unbranched alkanes of at least 4 members (excludes halogenated alkanes) is 19. The summed E-state index contributed by atoms with van der Waals surface area (Å²) in [5, 5.41) is 0. The van der Waals surface area contributed by atoms with Crippen LogP contribution in [0.25, 0.3) is 0 Å². The molecule has 0 fully saturated rings. The molecule has 4 N–H and O–H groups in total. The molecule has 6 heteroatoms. The highest BCUT2D eigenvalue weighted by Crippen LogP contribution is 2.35. The Morgan fingerprint density at radius 3 is 1.00 bits per heavy atom. The average molecular weight is 422 g/mol. The molecule has 0 aliphatic heterocycles. The Morgan fingerprint density at radius 1 is 0.500 bits per heavy atom. The summed E-state index contributed by atoms with van der Waals surface area (Å²) in [4.78, 5) is 17.1. The maximum Gasteiger partial charge on any atom is 0.469 e. The topological polar surface area (TPSA) is 92.8 Å². The van der Waals surface area contributed by atoms with Gasteiger partial charge < -0.3 is 15.5 Å². The first-order valence-electron chi connectivity index (χ1n) is 12.0. The quantitative estimate of drug-likeness (QED) is 0.124. The highest BCUT2D eigenvalue weighted by molar-refractivity contribution is 7.46. The van der Waals surface area contributed by atoms with Gasteiger partial charge in [0, 0.05) is 0 Å².